The molecule has 0 atom stereocenters. The third kappa shape index (κ3) is 3.04. The summed E-state index contributed by atoms with van der Waals surface area (Å²) in [5, 5.41) is 14.0. The standard InChI is InChI=1S/C17H12N4/c18-11-13-5-7-14(8-6-13)12-19-21-17-10-9-15-3-1-2-4-16(15)20-17/h1-10,12H,(H,20,21). The van der Waals surface area contributed by atoms with Crippen LogP contribution in [-0.2, 0) is 0 Å². The zero-order valence-corrected chi connectivity index (χ0v) is 11.2. The van der Waals surface area contributed by atoms with E-state index in [1.165, 1.54) is 0 Å². The average molecular weight is 272 g/mol. The normalized spacial score (nSPS) is 10.6. The molecule has 0 saturated heterocycles. The Labute approximate surface area is 122 Å². The molecule has 3 rings (SSSR count). The fourth-order valence-electron chi connectivity index (χ4n) is 1.94. The van der Waals surface area contributed by atoms with E-state index in [2.05, 4.69) is 21.6 Å². The first-order valence-electron chi connectivity index (χ1n) is 6.50. The third-order valence-corrected chi connectivity index (χ3v) is 3.03. The fourth-order valence-corrected chi connectivity index (χ4v) is 1.94. The van der Waals surface area contributed by atoms with E-state index in [4.69, 9.17) is 5.26 Å². The molecule has 0 fully saturated rings. The maximum atomic E-state index is 8.74. The zero-order valence-electron chi connectivity index (χ0n) is 11.2. The van der Waals surface area contributed by atoms with Crippen molar-refractivity contribution in [1.29, 1.82) is 5.26 Å². The van der Waals surface area contributed by atoms with Crippen LogP contribution in [0.5, 0.6) is 0 Å². The van der Waals surface area contributed by atoms with Gasteiger partial charge < -0.3 is 0 Å². The number of hydrogen-bond donors (Lipinski definition) is 1. The molecular formula is C17H12N4. The molecule has 0 radical (unpaired) electrons. The summed E-state index contributed by atoms with van der Waals surface area (Å²) in [5.41, 5.74) is 5.39. The highest BCUT2D eigenvalue weighted by Gasteiger charge is 1.96. The number of nitrogens with one attached hydrogen (secondary N) is 1. The van der Waals surface area contributed by atoms with E-state index < -0.39 is 0 Å². The van der Waals surface area contributed by atoms with Crippen molar-refractivity contribution in [2.75, 3.05) is 5.43 Å². The molecular weight excluding hydrogens is 260 g/mol. The number of rotatable bonds is 3. The van der Waals surface area contributed by atoms with Gasteiger partial charge in [0, 0.05) is 5.39 Å². The van der Waals surface area contributed by atoms with Gasteiger partial charge in [0.05, 0.1) is 23.4 Å². The molecule has 0 aliphatic heterocycles. The molecule has 21 heavy (non-hydrogen) atoms. The Hall–Kier alpha value is -3.19. The molecule has 0 aliphatic rings. The Morgan fingerprint density at radius 2 is 1.81 bits per heavy atom. The maximum Gasteiger partial charge on any atom is 0.146 e. The monoisotopic (exact) mass is 272 g/mol. The van der Waals surface area contributed by atoms with Crippen LogP contribution in [0, 0.1) is 11.3 Å². The Balaban J connectivity index is 1.73. The van der Waals surface area contributed by atoms with Gasteiger partial charge in [-0.15, -0.1) is 0 Å². The van der Waals surface area contributed by atoms with Crippen LogP contribution < -0.4 is 5.43 Å². The highest BCUT2D eigenvalue weighted by Crippen LogP contribution is 2.14. The van der Waals surface area contributed by atoms with E-state index in [1.807, 2.05) is 48.5 Å². The summed E-state index contributed by atoms with van der Waals surface area (Å²) in [6.45, 7) is 0. The topological polar surface area (TPSA) is 61.1 Å². The quantitative estimate of drug-likeness (QED) is 0.586. The largest absolute Gasteiger partial charge is 0.261 e. The molecule has 1 heterocycles. The molecule has 3 aromatic rings. The van der Waals surface area contributed by atoms with Crippen molar-refractivity contribution >= 4 is 22.9 Å². The minimum absolute atomic E-state index is 0.635. The highest BCUT2D eigenvalue weighted by atomic mass is 15.3. The van der Waals surface area contributed by atoms with Crippen LogP contribution >= 0.6 is 0 Å². The predicted molar refractivity (Wildman–Crippen MR) is 84.1 cm³/mol. The van der Waals surface area contributed by atoms with Crippen molar-refractivity contribution < 1.29 is 0 Å². The number of pyridine rings is 1. The number of hydrazone groups is 1. The second kappa shape index (κ2) is 5.85. The smallest absolute Gasteiger partial charge is 0.146 e. The van der Waals surface area contributed by atoms with Gasteiger partial charge >= 0.3 is 0 Å². The van der Waals surface area contributed by atoms with Crippen LogP contribution in [-0.4, -0.2) is 11.2 Å². The van der Waals surface area contributed by atoms with Gasteiger partial charge in [0.1, 0.15) is 5.82 Å². The highest BCUT2D eigenvalue weighted by molar-refractivity contribution is 5.81. The summed E-state index contributed by atoms with van der Waals surface area (Å²) in [7, 11) is 0. The van der Waals surface area contributed by atoms with Crippen LogP contribution in [0.15, 0.2) is 65.8 Å². The van der Waals surface area contributed by atoms with Crippen LogP contribution in [0.4, 0.5) is 5.82 Å². The van der Waals surface area contributed by atoms with Gasteiger partial charge in [-0.05, 0) is 35.9 Å². The van der Waals surface area contributed by atoms with E-state index in [1.54, 1.807) is 18.3 Å². The number of aromatic nitrogens is 1. The van der Waals surface area contributed by atoms with Crippen LogP contribution in [0.25, 0.3) is 10.9 Å². The van der Waals surface area contributed by atoms with Crippen LogP contribution in [0.1, 0.15) is 11.1 Å². The number of anilines is 1. The Kier molecular flexibility index (Phi) is 3.57. The lowest BCUT2D eigenvalue weighted by Gasteiger charge is -2.01. The van der Waals surface area contributed by atoms with Gasteiger partial charge in [-0.3, -0.25) is 5.43 Å². The molecule has 0 saturated carbocycles. The molecule has 0 unspecified atom stereocenters. The van der Waals surface area contributed by atoms with Gasteiger partial charge in [0.15, 0.2) is 0 Å². The average Bonchev–Trinajstić information content (AvgIpc) is 2.55. The zero-order chi connectivity index (χ0) is 14.5. The second-order valence-electron chi connectivity index (χ2n) is 4.49. The molecule has 1 aromatic heterocycles. The van der Waals surface area contributed by atoms with Crippen LogP contribution in [0.3, 0.4) is 0 Å². The molecule has 4 heteroatoms. The molecule has 4 nitrogen and oxygen atoms in total. The number of fused-ring (bicyclic) bond motifs is 1. The maximum absolute atomic E-state index is 8.74. The fraction of sp³-hybridized carbons (Fsp3) is 0. The van der Waals surface area contributed by atoms with Crippen LogP contribution in [0.2, 0.25) is 0 Å². The summed E-state index contributed by atoms with van der Waals surface area (Å²) >= 11 is 0. The summed E-state index contributed by atoms with van der Waals surface area (Å²) in [6.07, 6.45) is 1.69. The predicted octanol–water partition coefficient (Wildman–Crippen LogP) is 3.55. The van der Waals surface area contributed by atoms with Gasteiger partial charge in [0.25, 0.3) is 0 Å². The van der Waals surface area contributed by atoms with Crippen molar-refractivity contribution in [3.8, 4) is 6.07 Å². The summed E-state index contributed by atoms with van der Waals surface area (Å²) in [6, 6.07) is 21.1. The number of hydrogen-bond acceptors (Lipinski definition) is 4. The first-order valence-corrected chi connectivity index (χ1v) is 6.50. The minimum atomic E-state index is 0.635. The van der Waals surface area contributed by atoms with E-state index in [-0.39, 0.29) is 0 Å². The summed E-state index contributed by atoms with van der Waals surface area (Å²) in [4.78, 5) is 4.47. The van der Waals surface area contributed by atoms with E-state index in [0.717, 1.165) is 16.5 Å². The number of nitriles is 1. The molecule has 1 N–H and O–H groups in total. The van der Waals surface area contributed by atoms with Gasteiger partial charge in [-0.25, -0.2) is 4.98 Å². The number of nitrogens with zero attached hydrogens (tertiary/aromatic N) is 3. The Bertz CT molecular complexity index is 829. The van der Waals surface area contributed by atoms with Gasteiger partial charge in [0.2, 0.25) is 0 Å². The lowest BCUT2D eigenvalue weighted by molar-refractivity contribution is 1.26. The molecule has 100 valence electrons. The minimum Gasteiger partial charge on any atom is -0.261 e. The molecule has 2 aromatic carbocycles. The van der Waals surface area contributed by atoms with Gasteiger partial charge in [-0.2, -0.15) is 10.4 Å². The Morgan fingerprint density at radius 1 is 1.00 bits per heavy atom. The van der Waals surface area contributed by atoms with Gasteiger partial charge in [-0.1, -0.05) is 30.3 Å². The Morgan fingerprint density at radius 3 is 2.62 bits per heavy atom. The van der Waals surface area contributed by atoms with E-state index >= 15 is 0 Å². The van der Waals surface area contributed by atoms with Crippen molar-refractivity contribution in [3.05, 3.63) is 71.8 Å². The summed E-state index contributed by atoms with van der Waals surface area (Å²) in [5.74, 6) is 0.693. The molecule has 0 amide bonds. The van der Waals surface area contributed by atoms with Crippen molar-refractivity contribution in [2.45, 2.75) is 0 Å². The lowest BCUT2D eigenvalue weighted by atomic mass is 10.2. The first kappa shape index (κ1) is 12.8. The first-order chi connectivity index (χ1) is 10.3. The third-order valence-electron chi connectivity index (χ3n) is 3.03. The molecule has 0 bridgehead atoms. The SMILES string of the molecule is N#Cc1ccc(C=NNc2ccc3ccccc3n2)cc1. The van der Waals surface area contributed by atoms with E-state index in [9.17, 15) is 0 Å². The summed E-state index contributed by atoms with van der Waals surface area (Å²) < 4.78 is 0. The van der Waals surface area contributed by atoms with Crippen molar-refractivity contribution in [1.82, 2.24) is 4.98 Å². The molecule has 0 aliphatic carbocycles. The number of benzene rings is 2. The molecule has 0 spiro atoms. The van der Waals surface area contributed by atoms with Crippen molar-refractivity contribution in [3.63, 3.8) is 0 Å². The number of para-hydroxylation sites is 1. The second-order valence-corrected chi connectivity index (χ2v) is 4.49. The van der Waals surface area contributed by atoms with E-state index in [0.29, 0.717) is 11.4 Å². The van der Waals surface area contributed by atoms with Crippen molar-refractivity contribution in [2.24, 2.45) is 5.10 Å². The lowest BCUT2D eigenvalue weighted by Crippen LogP contribution is -1.93.